The van der Waals surface area contributed by atoms with E-state index < -0.39 is 0 Å². The summed E-state index contributed by atoms with van der Waals surface area (Å²) in [4.78, 5) is 32.1. The number of carbonyl (C=O) groups excluding carboxylic acids is 2. The van der Waals surface area contributed by atoms with Gasteiger partial charge in [-0.3, -0.25) is 9.59 Å². The molecule has 0 saturated carbocycles. The lowest BCUT2D eigenvalue weighted by atomic mass is 9.82. The minimum absolute atomic E-state index is 0.00330. The van der Waals surface area contributed by atoms with Crippen molar-refractivity contribution in [3.05, 3.63) is 83.4 Å². The van der Waals surface area contributed by atoms with Crippen molar-refractivity contribution >= 4 is 23.2 Å². The third-order valence-electron chi connectivity index (χ3n) is 8.11. The van der Waals surface area contributed by atoms with E-state index in [1.54, 1.807) is 12.0 Å². The SMILES string of the molecule is CCC(C)(C)c1ccc2c(c1)N(Cc1ccc(C(=O)N3CCN(c4ccc(OC)cc4)CC3)cc1)C(=O)CO2. The van der Waals surface area contributed by atoms with Gasteiger partial charge in [-0.15, -0.1) is 0 Å². The van der Waals surface area contributed by atoms with Crippen molar-refractivity contribution < 1.29 is 19.1 Å². The molecule has 0 aromatic heterocycles. The van der Waals surface area contributed by atoms with Gasteiger partial charge in [-0.1, -0.05) is 39.0 Å². The molecule has 39 heavy (non-hydrogen) atoms. The highest BCUT2D eigenvalue weighted by Crippen LogP contribution is 2.38. The Morgan fingerprint density at radius 3 is 2.28 bits per heavy atom. The van der Waals surface area contributed by atoms with Crippen LogP contribution in [0.2, 0.25) is 0 Å². The molecule has 0 unspecified atom stereocenters. The van der Waals surface area contributed by atoms with Gasteiger partial charge in [0.1, 0.15) is 11.5 Å². The first-order valence-electron chi connectivity index (χ1n) is 13.6. The fourth-order valence-corrected chi connectivity index (χ4v) is 5.08. The topological polar surface area (TPSA) is 62.3 Å². The molecule has 2 heterocycles. The maximum atomic E-state index is 13.2. The summed E-state index contributed by atoms with van der Waals surface area (Å²) in [6.07, 6.45) is 0.993. The van der Waals surface area contributed by atoms with Crippen LogP contribution in [0.4, 0.5) is 11.4 Å². The molecule has 1 saturated heterocycles. The van der Waals surface area contributed by atoms with Crippen molar-refractivity contribution in [2.45, 2.75) is 39.2 Å². The minimum Gasteiger partial charge on any atom is -0.497 e. The van der Waals surface area contributed by atoms with Crippen LogP contribution in [-0.2, 0) is 16.8 Å². The number of amides is 2. The maximum absolute atomic E-state index is 13.2. The molecule has 1 fully saturated rings. The van der Waals surface area contributed by atoms with E-state index in [0.717, 1.165) is 47.9 Å². The summed E-state index contributed by atoms with van der Waals surface area (Å²) in [5, 5.41) is 0. The van der Waals surface area contributed by atoms with Crippen LogP contribution in [0.3, 0.4) is 0 Å². The number of anilines is 2. The van der Waals surface area contributed by atoms with Gasteiger partial charge in [-0.2, -0.15) is 0 Å². The van der Waals surface area contributed by atoms with Gasteiger partial charge in [0.2, 0.25) is 0 Å². The summed E-state index contributed by atoms with van der Waals surface area (Å²) in [5.41, 5.74) is 4.76. The van der Waals surface area contributed by atoms with Crippen molar-refractivity contribution in [3.63, 3.8) is 0 Å². The Morgan fingerprint density at radius 1 is 0.949 bits per heavy atom. The number of rotatable bonds is 7. The molecule has 3 aromatic carbocycles. The molecular weight excluding hydrogens is 490 g/mol. The van der Waals surface area contributed by atoms with E-state index >= 15 is 0 Å². The van der Waals surface area contributed by atoms with Gasteiger partial charge in [0.15, 0.2) is 6.61 Å². The van der Waals surface area contributed by atoms with Crippen molar-refractivity contribution in [1.29, 1.82) is 0 Å². The van der Waals surface area contributed by atoms with Gasteiger partial charge in [0.25, 0.3) is 11.8 Å². The molecule has 7 heteroatoms. The van der Waals surface area contributed by atoms with E-state index in [1.165, 1.54) is 5.56 Å². The van der Waals surface area contributed by atoms with Gasteiger partial charge in [0, 0.05) is 37.4 Å². The summed E-state index contributed by atoms with van der Waals surface area (Å²) >= 11 is 0. The number of fused-ring (bicyclic) bond motifs is 1. The number of hydrogen-bond donors (Lipinski definition) is 0. The highest BCUT2D eigenvalue weighted by Gasteiger charge is 2.29. The van der Waals surface area contributed by atoms with Crippen molar-refractivity contribution in [2.24, 2.45) is 0 Å². The van der Waals surface area contributed by atoms with Crippen LogP contribution < -0.4 is 19.3 Å². The Hall–Kier alpha value is -4.00. The molecule has 0 aliphatic carbocycles. The largest absolute Gasteiger partial charge is 0.497 e. The zero-order chi connectivity index (χ0) is 27.6. The Morgan fingerprint density at radius 2 is 1.64 bits per heavy atom. The zero-order valence-corrected chi connectivity index (χ0v) is 23.3. The molecule has 2 aliphatic heterocycles. The molecular formula is C32H37N3O4. The van der Waals surface area contributed by atoms with Crippen LogP contribution >= 0.6 is 0 Å². The highest BCUT2D eigenvalue weighted by atomic mass is 16.5. The molecule has 0 bridgehead atoms. The lowest BCUT2D eigenvalue weighted by Crippen LogP contribution is -2.48. The molecule has 0 atom stereocenters. The molecule has 2 aliphatic rings. The van der Waals surface area contributed by atoms with Crippen LogP contribution in [0.15, 0.2) is 66.7 Å². The van der Waals surface area contributed by atoms with E-state index in [1.807, 2.05) is 47.4 Å². The van der Waals surface area contributed by atoms with E-state index in [9.17, 15) is 9.59 Å². The molecule has 7 nitrogen and oxygen atoms in total. The number of hydrogen-bond acceptors (Lipinski definition) is 5. The van der Waals surface area contributed by atoms with Crippen molar-refractivity contribution in [3.8, 4) is 11.5 Å². The molecule has 204 valence electrons. The number of ether oxygens (including phenoxy) is 2. The van der Waals surface area contributed by atoms with E-state index in [4.69, 9.17) is 9.47 Å². The van der Waals surface area contributed by atoms with Crippen LogP contribution in [-0.4, -0.2) is 56.6 Å². The Labute approximate surface area is 230 Å². The number of nitrogens with zero attached hydrogens (tertiary/aromatic N) is 3. The standard InChI is InChI=1S/C32H37N3O4/c1-5-32(2,3)25-10-15-29-28(20-25)35(30(36)22-39-29)21-23-6-8-24(9-7-23)31(37)34-18-16-33(17-19-34)26-11-13-27(38-4)14-12-26/h6-15,20H,5,16-19,21-22H2,1-4H3. The van der Waals surface area contributed by atoms with Crippen molar-refractivity contribution in [2.75, 3.05) is 49.7 Å². The third-order valence-corrected chi connectivity index (χ3v) is 8.11. The predicted molar refractivity (Wildman–Crippen MR) is 154 cm³/mol. The lowest BCUT2D eigenvalue weighted by molar-refractivity contribution is -0.121. The molecule has 0 N–H and O–H groups in total. The normalized spacial score (nSPS) is 15.6. The van der Waals surface area contributed by atoms with Gasteiger partial charge >= 0.3 is 0 Å². The first-order valence-corrected chi connectivity index (χ1v) is 13.6. The Kier molecular flexibility index (Phi) is 7.51. The number of benzene rings is 3. The molecule has 2 amide bonds. The maximum Gasteiger partial charge on any atom is 0.265 e. The van der Waals surface area contributed by atoms with E-state index in [-0.39, 0.29) is 23.8 Å². The monoisotopic (exact) mass is 527 g/mol. The van der Waals surface area contributed by atoms with E-state index in [0.29, 0.717) is 25.2 Å². The zero-order valence-electron chi connectivity index (χ0n) is 23.3. The first kappa shape index (κ1) is 26.6. The van der Waals surface area contributed by atoms with Crippen molar-refractivity contribution in [1.82, 2.24) is 4.90 Å². The lowest BCUT2D eigenvalue weighted by Gasteiger charge is -2.36. The fourth-order valence-electron chi connectivity index (χ4n) is 5.08. The average Bonchev–Trinajstić information content (AvgIpc) is 2.98. The summed E-state index contributed by atoms with van der Waals surface area (Å²) in [5.74, 6) is 1.54. The Balaban J connectivity index is 1.24. The molecule has 5 rings (SSSR count). The third kappa shape index (κ3) is 5.58. The predicted octanol–water partition coefficient (Wildman–Crippen LogP) is 5.27. The molecule has 0 spiro atoms. The molecule has 0 radical (unpaired) electrons. The second kappa shape index (κ2) is 11.0. The smallest absolute Gasteiger partial charge is 0.265 e. The number of piperazine rings is 1. The Bertz CT molecular complexity index is 1330. The summed E-state index contributed by atoms with van der Waals surface area (Å²) in [7, 11) is 1.66. The summed E-state index contributed by atoms with van der Waals surface area (Å²) < 4.78 is 11.0. The van der Waals surface area contributed by atoms with Crippen LogP contribution in [0.5, 0.6) is 11.5 Å². The minimum atomic E-state index is -0.0659. The van der Waals surface area contributed by atoms with Gasteiger partial charge in [-0.05, 0) is 71.5 Å². The van der Waals surface area contributed by atoms with E-state index in [2.05, 4.69) is 49.9 Å². The highest BCUT2D eigenvalue weighted by molar-refractivity contribution is 5.98. The van der Waals surface area contributed by atoms with Crippen LogP contribution in [0.1, 0.15) is 48.7 Å². The van der Waals surface area contributed by atoms with Gasteiger partial charge in [0.05, 0.1) is 19.3 Å². The second-order valence-corrected chi connectivity index (χ2v) is 10.9. The summed E-state index contributed by atoms with van der Waals surface area (Å²) in [6.45, 7) is 9.95. The average molecular weight is 528 g/mol. The van der Waals surface area contributed by atoms with Crippen LogP contribution in [0.25, 0.3) is 0 Å². The van der Waals surface area contributed by atoms with Gasteiger partial charge in [-0.25, -0.2) is 0 Å². The van der Waals surface area contributed by atoms with Gasteiger partial charge < -0.3 is 24.2 Å². The second-order valence-electron chi connectivity index (χ2n) is 10.9. The fraction of sp³-hybridized carbons (Fsp3) is 0.375. The number of carbonyl (C=O) groups is 2. The molecule has 3 aromatic rings. The quantitative estimate of drug-likeness (QED) is 0.419. The first-order chi connectivity index (χ1) is 18.8. The summed E-state index contributed by atoms with van der Waals surface area (Å²) in [6, 6.07) is 21.8. The van der Waals surface area contributed by atoms with Crippen LogP contribution in [0, 0.1) is 0 Å². The number of methoxy groups -OCH3 is 1.